The Morgan fingerprint density at radius 3 is 2.84 bits per heavy atom. The molecule has 1 rings (SSSR count). The van der Waals surface area contributed by atoms with Crippen LogP contribution in [0.5, 0.6) is 5.75 Å². The summed E-state index contributed by atoms with van der Waals surface area (Å²) >= 11 is 0. The molecule has 0 saturated heterocycles. The van der Waals surface area contributed by atoms with Crippen LogP contribution in [0, 0.1) is 0 Å². The summed E-state index contributed by atoms with van der Waals surface area (Å²) in [6.45, 7) is 3.10. The molecule has 0 bridgehead atoms. The maximum Gasteiger partial charge on any atom is 0.257 e. The van der Waals surface area contributed by atoms with Crippen molar-refractivity contribution in [2.75, 3.05) is 25.5 Å². The molecule has 106 valence electrons. The van der Waals surface area contributed by atoms with E-state index in [0.29, 0.717) is 30.2 Å². The highest BCUT2D eigenvalue weighted by atomic mass is 16.5. The lowest BCUT2D eigenvalue weighted by atomic mass is 10.1. The van der Waals surface area contributed by atoms with Crippen molar-refractivity contribution in [3.8, 4) is 5.75 Å². The third-order valence-electron chi connectivity index (χ3n) is 2.71. The second-order valence-corrected chi connectivity index (χ2v) is 4.19. The van der Waals surface area contributed by atoms with Gasteiger partial charge in [-0.1, -0.05) is 6.07 Å². The van der Waals surface area contributed by atoms with Crippen molar-refractivity contribution in [2.24, 2.45) is 0 Å². The normalized spacial score (nSPS) is 10.2. The van der Waals surface area contributed by atoms with Gasteiger partial charge in [0.25, 0.3) is 5.91 Å². The molecule has 0 fully saturated rings. The van der Waals surface area contributed by atoms with Gasteiger partial charge in [0.2, 0.25) is 0 Å². The first-order valence-electron chi connectivity index (χ1n) is 6.61. The fourth-order valence-corrected chi connectivity index (χ4v) is 1.77. The molecule has 1 aromatic carbocycles. The number of amides is 1. The van der Waals surface area contributed by atoms with Gasteiger partial charge in [-0.15, -0.1) is 0 Å². The van der Waals surface area contributed by atoms with Crippen LogP contribution in [0.25, 0.3) is 0 Å². The lowest BCUT2D eigenvalue weighted by molar-refractivity contribution is 0.0950. The first-order chi connectivity index (χ1) is 9.20. The van der Waals surface area contributed by atoms with E-state index in [9.17, 15) is 4.79 Å². The van der Waals surface area contributed by atoms with Gasteiger partial charge in [-0.2, -0.15) is 0 Å². The second-order valence-electron chi connectivity index (χ2n) is 4.19. The molecule has 1 amide bonds. The predicted octanol–water partition coefficient (Wildman–Crippen LogP) is 1.56. The minimum atomic E-state index is -0.217. The fraction of sp³-hybridized carbons (Fsp3) is 0.500. The van der Waals surface area contributed by atoms with E-state index in [1.165, 1.54) is 0 Å². The smallest absolute Gasteiger partial charge is 0.257 e. The summed E-state index contributed by atoms with van der Waals surface area (Å²) in [4.78, 5) is 12.1. The Morgan fingerprint density at radius 2 is 2.16 bits per heavy atom. The van der Waals surface area contributed by atoms with Crippen molar-refractivity contribution in [1.29, 1.82) is 0 Å². The van der Waals surface area contributed by atoms with Gasteiger partial charge in [0, 0.05) is 18.8 Å². The molecule has 5 heteroatoms. The first-order valence-corrected chi connectivity index (χ1v) is 6.61. The van der Waals surface area contributed by atoms with Crippen molar-refractivity contribution in [1.82, 2.24) is 5.32 Å². The molecule has 0 aliphatic carbocycles. The zero-order chi connectivity index (χ0) is 14.1. The average Bonchev–Trinajstić information content (AvgIpc) is 2.39. The van der Waals surface area contributed by atoms with Crippen LogP contribution in [0.3, 0.4) is 0 Å². The Labute approximate surface area is 113 Å². The Morgan fingerprint density at radius 1 is 1.37 bits per heavy atom. The van der Waals surface area contributed by atoms with Crippen LogP contribution in [-0.2, 0) is 0 Å². The standard InChI is InChI=1S/C14H22N2O3/c1-2-19-12-8-6-7-11(15)13(12)14(18)16-9-4-3-5-10-17/h6-8,17H,2-5,9-10,15H2,1H3,(H,16,18). The molecule has 0 radical (unpaired) electrons. The lowest BCUT2D eigenvalue weighted by Crippen LogP contribution is -2.26. The maximum atomic E-state index is 12.1. The van der Waals surface area contributed by atoms with Crippen LogP contribution in [0.4, 0.5) is 5.69 Å². The van der Waals surface area contributed by atoms with Crippen LogP contribution in [-0.4, -0.2) is 30.8 Å². The molecule has 0 aromatic heterocycles. The van der Waals surface area contributed by atoms with E-state index in [0.717, 1.165) is 19.3 Å². The predicted molar refractivity (Wildman–Crippen MR) is 75.3 cm³/mol. The number of anilines is 1. The monoisotopic (exact) mass is 266 g/mol. The van der Waals surface area contributed by atoms with Crippen molar-refractivity contribution in [2.45, 2.75) is 26.2 Å². The average molecular weight is 266 g/mol. The Kier molecular flexibility index (Phi) is 6.74. The number of aliphatic hydroxyl groups is 1. The van der Waals surface area contributed by atoms with Crippen LogP contribution >= 0.6 is 0 Å². The number of nitrogens with one attached hydrogen (secondary N) is 1. The molecule has 19 heavy (non-hydrogen) atoms. The summed E-state index contributed by atoms with van der Waals surface area (Å²) in [6, 6.07) is 5.18. The number of benzene rings is 1. The van der Waals surface area contributed by atoms with E-state index in [-0.39, 0.29) is 12.5 Å². The molecular weight excluding hydrogens is 244 g/mol. The molecule has 0 heterocycles. The Balaban J connectivity index is 2.60. The molecule has 0 atom stereocenters. The summed E-state index contributed by atoms with van der Waals surface area (Å²) in [5, 5.41) is 11.5. The number of nitrogens with two attached hydrogens (primary N) is 1. The van der Waals surface area contributed by atoms with Crippen LogP contribution in [0.1, 0.15) is 36.5 Å². The Hall–Kier alpha value is -1.75. The number of aliphatic hydroxyl groups excluding tert-OH is 1. The van der Waals surface area contributed by atoms with Crippen molar-refractivity contribution < 1.29 is 14.6 Å². The third-order valence-corrected chi connectivity index (χ3v) is 2.71. The summed E-state index contributed by atoms with van der Waals surface area (Å²) < 4.78 is 5.41. The summed E-state index contributed by atoms with van der Waals surface area (Å²) in [5.74, 6) is 0.293. The van der Waals surface area contributed by atoms with Crippen molar-refractivity contribution in [3.63, 3.8) is 0 Å². The molecule has 0 spiro atoms. The van der Waals surface area contributed by atoms with E-state index < -0.39 is 0 Å². The molecule has 0 aliphatic rings. The molecule has 0 unspecified atom stereocenters. The zero-order valence-corrected chi connectivity index (χ0v) is 11.3. The number of hydrogen-bond acceptors (Lipinski definition) is 4. The molecule has 0 saturated carbocycles. The highest BCUT2D eigenvalue weighted by Crippen LogP contribution is 2.24. The fourth-order valence-electron chi connectivity index (χ4n) is 1.77. The van der Waals surface area contributed by atoms with Gasteiger partial charge >= 0.3 is 0 Å². The highest BCUT2D eigenvalue weighted by molar-refractivity contribution is 6.01. The minimum Gasteiger partial charge on any atom is -0.493 e. The van der Waals surface area contributed by atoms with Gasteiger partial charge in [0.05, 0.1) is 6.61 Å². The topological polar surface area (TPSA) is 84.6 Å². The van der Waals surface area contributed by atoms with E-state index >= 15 is 0 Å². The molecule has 1 aromatic rings. The van der Waals surface area contributed by atoms with Gasteiger partial charge < -0.3 is 20.9 Å². The number of nitrogen functional groups attached to an aromatic ring is 1. The molecular formula is C14H22N2O3. The van der Waals surface area contributed by atoms with Gasteiger partial charge in [0.15, 0.2) is 0 Å². The minimum absolute atomic E-state index is 0.189. The number of ether oxygens (including phenoxy) is 1. The number of carbonyl (C=O) groups excluding carboxylic acids is 1. The molecule has 5 nitrogen and oxygen atoms in total. The SMILES string of the molecule is CCOc1cccc(N)c1C(=O)NCCCCCO. The van der Waals surface area contributed by atoms with E-state index in [1.54, 1.807) is 18.2 Å². The van der Waals surface area contributed by atoms with Crippen LogP contribution in [0.2, 0.25) is 0 Å². The second kappa shape index (κ2) is 8.37. The van der Waals surface area contributed by atoms with Gasteiger partial charge in [0.1, 0.15) is 11.3 Å². The van der Waals surface area contributed by atoms with E-state index in [1.807, 2.05) is 6.92 Å². The molecule has 4 N–H and O–H groups in total. The summed E-state index contributed by atoms with van der Waals surface area (Å²) in [6.07, 6.45) is 2.48. The van der Waals surface area contributed by atoms with Gasteiger partial charge in [-0.25, -0.2) is 0 Å². The number of unbranched alkanes of at least 4 members (excludes halogenated alkanes) is 2. The zero-order valence-electron chi connectivity index (χ0n) is 11.3. The van der Waals surface area contributed by atoms with E-state index in [2.05, 4.69) is 5.32 Å². The van der Waals surface area contributed by atoms with Crippen LogP contribution in [0.15, 0.2) is 18.2 Å². The first kappa shape index (κ1) is 15.3. The van der Waals surface area contributed by atoms with E-state index in [4.69, 9.17) is 15.6 Å². The number of rotatable bonds is 8. The summed E-state index contributed by atoms with van der Waals surface area (Å²) in [5.41, 5.74) is 6.64. The van der Waals surface area contributed by atoms with Crippen LogP contribution < -0.4 is 15.8 Å². The third kappa shape index (κ3) is 4.79. The quantitative estimate of drug-likeness (QED) is 0.492. The Bertz CT molecular complexity index is 408. The van der Waals surface area contributed by atoms with Gasteiger partial charge in [-0.3, -0.25) is 4.79 Å². The van der Waals surface area contributed by atoms with Crippen molar-refractivity contribution in [3.05, 3.63) is 23.8 Å². The molecule has 0 aliphatic heterocycles. The largest absolute Gasteiger partial charge is 0.493 e. The number of carbonyl (C=O) groups is 1. The maximum absolute atomic E-state index is 12.1. The summed E-state index contributed by atoms with van der Waals surface area (Å²) in [7, 11) is 0. The van der Waals surface area contributed by atoms with Crippen molar-refractivity contribution >= 4 is 11.6 Å². The lowest BCUT2D eigenvalue weighted by Gasteiger charge is -2.12. The number of hydrogen-bond donors (Lipinski definition) is 3. The highest BCUT2D eigenvalue weighted by Gasteiger charge is 2.15. The van der Waals surface area contributed by atoms with Gasteiger partial charge in [-0.05, 0) is 38.3 Å².